The van der Waals surface area contributed by atoms with E-state index in [0.717, 1.165) is 48.8 Å². The Labute approximate surface area is 262 Å². The first-order valence-electron chi connectivity index (χ1n) is 14.2. The molecule has 1 aliphatic heterocycles. The summed E-state index contributed by atoms with van der Waals surface area (Å²) < 4.78 is 0. The molecular formula is C36H24N6S2. The normalized spacial score (nSPS) is 14.5. The summed E-state index contributed by atoms with van der Waals surface area (Å²) in [7, 11) is 0. The molecule has 6 heterocycles. The highest BCUT2D eigenvalue weighted by atomic mass is 32.2. The van der Waals surface area contributed by atoms with Crippen molar-refractivity contribution in [1.29, 1.82) is 0 Å². The number of fused-ring (bicyclic) bond motifs is 1. The highest BCUT2D eigenvalue weighted by Crippen LogP contribution is 2.43. The van der Waals surface area contributed by atoms with E-state index in [0.29, 0.717) is 6.54 Å². The minimum absolute atomic E-state index is 0.212. The standard InChI is InChI=1S/C36H24N6S2/c1-2-10-26-25(9-1)27(33-21-39-35(43-33)31-13-3-11-29(41-31)23-7-5-17-37-19-23)15-16-28(26)34-22-40-36(44-34)32-14-4-12-30(42-32)24-8-6-18-38-20-24/h1-21,34H,22H2. The molecule has 0 radical (unpaired) electrons. The second-order valence-corrected chi connectivity index (χ2v) is 12.6. The molecule has 2 aromatic carbocycles. The van der Waals surface area contributed by atoms with Crippen LogP contribution in [-0.2, 0) is 0 Å². The molecule has 8 heteroatoms. The van der Waals surface area contributed by atoms with E-state index >= 15 is 0 Å². The van der Waals surface area contributed by atoms with E-state index in [9.17, 15) is 0 Å². The Morgan fingerprint density at radius 3 is 2.00 bits per heavy atom. The van der Waals surface area contributed by atoms with Crippen molar-refractivity contribution in [2.75, 3.05) is 6.54 Å². The average molecular weight is 605 g/mol. The average Bonchev–Trinajstić information content (AvgIpc) is 3.80. The zero-order valence-electron chi connectivity index (χ0n) is 23.4. The van der Waals surface area contributed by atoms with Gasteiger partial charge in [0.1, 0.15) is 10.1 Å². The molecule has 1 atom stereocenters. The van der Waals surface area contributed by atoms with Crippen molar-refractivity contribution >= 4 is 38.9 Å². The molecule has 0 N–H and O–H groups in total. The maximum Gasteiger partial charge on any atom is 0.142 e. The largest absolute Gasteiger partial charge is 0.275 e. The molecule has 7 aromatic rings. The predicted octanol–water partition coefficient (Wildman–Crippen LogP) is 8.78. The fraction of sp³-hybridized carbons (Fsp3) is 0.0556. The van der Waals surface area contributed by atoms with Crippen LogP contribution in [0.25, 0.3) is 54.4 Å². The molecule has 0 amide bonds. The Hall–Kier alpha value is -5.05. The Morgan fingerprint density at radius 1 is 0.591 bits per heavy atom. The van der Waals surface area contributed by atoms with E-state index in [1.807, 2.05) is 79.3 Å². The van der Waals surface area contributed by atoms with Gasteiger partial charge < -0.3 is 0 Å². The number of nitrogens with zero attached hydrogens (tertiary/aromatic N) is 6. The number of rotatable bonds is 6. The van der Waals surface area contributed by atoms with Gasteiger partial charge in [0.15, 0.2) is 0 Å². The number of benzene rings is 2. The van der Waals surface area contributed by atoms with Crippen molar-refractivity contribution in [2.24, 2.45) is 4.99 Å². The van der Waals surface area contributed by atoms with Crippen LogP contribution >= 0.6 is 23.1 Å². The Balaban J connectivity index is 1.08. The summed E-state index contributed by atoms with van der Waals surface area (Å²) in [6, 6.07) is 33.2. The highest BCUT2D eigenvalue weighted by Gasteiger charge is 2.26. The van der Waals surface area contributed by atoms with Crippen LogP contribution in [0.3, 0.4) is 0 Å². The first-order chi connectivity index (χ1) is 21.8. The van der Waals surface area contributed by atoms with E-state index in [2.05, 4.69) is 46.4 Å². The van der Waals surface area contributed by atoms with Gasteiger partial charge >= 0.3 is 0 Å². The van der Waals surface area contributed by atoms with E-state index in [1.165, 1.54) is 21.9 Å². The van der Waals surface area contributed by atoms with Crippen molar-refractivity contribution in [1.82, 2.24) is 24.9 Å². The number of thiazole rings is 1. The van der Waals surface area contributed by atoms with Crippen molar-refractivity contribution in [3.8, 4) is 43.7 Å². The van der Waals surface area contributed by atoms with E-state index in [1.54, 1.807) is 35.5 Å². The topological polar surface area (TPSA) is 76.8 Å². The van der Waals surface area contributed by atoms with Gasteiger partial charge in [0, 0.05) is 47.7 Å². The third-order valence-corrected chi connectivity index (χ3v) is 9.88. The van der Waals surface area contributed by atoms with E-state index in [4.69, 9.17) is 19.9 Å². The van der Waals surface area contributed by atoms with Crippen molar-refractivity contribution in [2.45, 2.75) is 5.25 Å². The monoisotopic (exact) mass is 604 g/mol. The molecule has 0 aliphatic carbocycles. The Bertz CT molecular complexity index is 2140. The SMILES string of the molecule is c1cncc(-c2cccc(C3=NCC(c4ccc(-c5cnc(-c6cccc(-c7cccnc7)n6)s5)c5ccccc45)S3)n2)c1. The van der Waals surface area contributed by atoms with Gasteiger partial charge in [-0.2, -0.15) is 0 Å². The van der Waals surface area contributed by atoms with Gasteiger partial charge in [-0.25, -0.2) is 15.0 Å². The second kappa shape index (κ2) is 11.6. The molecule has 0 spiro atoms. The number of aliphatic imine (C=N–C) groups is 1. The fourth-order valence-corrected chi connectivity index (χ4v) is 7.53. The number of aromatic nitrogens is 5. The summed E-state index contributed by atoms with van der Waals surface area (Å²) in [6.07, 6.45) is 9.19. The van der Waals surface area contributed by atoms with Crippen LogP contribution in [-0.4, -0.2) is 36.5 Å². The molecule has 0 saturated heterocycles. The molecule has 1 aliphatic rings. The predicted molar refractivity (Wildman–Crippen MR) is 181 cm³/mol. The van der Waals surface area contributed by atoms with Crippen LogP contribution in [0.5, 0.6) is 0 Å². The lowest BCUT2D eigenvalue weighted by molar-refractivity contribution is 0.974. The van der Waals surface area contributed by atoms with Crippen molar-refractivity contribution in [3.05, 3.63) is 139 Å². The maximum atomic E-state index is 4.93. The zero-order chi connectivity index (χ0) is 29.3. The van der Waals surface area contributed by atoms with Gasteiger partial charge in [-0.1, -0.05) is 60.3 Å². The summed E-state index contributed by atoms with van der Waals surface area (Å²) in [5.41, 5.74) is 7.99. The molecule has 44 heavy (non-hydrogen) atoms. The van der Waals surface area contributed by atoms with Crippen LogP contribution in [0, 0.1) is 0 Å². The summed E-state index contributed by atoms with van der Waals surface area (Å²) in [6.45, 7) is 0.714. The molecule has 210 valence electrons. The zero-order valence-corrected chi connectivity index (χ0v) is 25.0. The fourth-order valence-electron chi connectivity index (χ4n) is 5.47. The smallest absolute Gasteiger partial charge is 0.142 e. The van der Waals surface area contributed by atoms with Crippen LogP contribution in [0.2, 0.25) is 0 Å². The summed E-state index contributed by atoms with van der Waals surface area (Å²) in [4.78, 5) is 29.1. The molecule has 5 aromatic heterocycles. The Morgan fingerprint density at radius 2 is 1.27 bits per heavy atom. The van der Waals surface area contributed by atoms with Crippen molar-refractivity contribution in [3.63, 3.8) is 0 Å². The molecule has 0 saturated carbocycles. The molecule has 8 rings (SSSR count). The number of hydrogen-bond acceptors (Lipinski definition) is 8. The van der Waals surface area contributed by atoms with Gasteiger partial charge in [-0.3, -0.25) is 15.0 Å². The maximum absolute atomic E-state index is 4.93. The number of thioether (sulfide) groups is 1. The van der Waals surface area contributed by atoms with Gasteiger partial charge in [0.25, 0.3) is 0 Å². The van der Waals surface area contributed by atoms with Gasteiger partial charge in [0.05, 0.1) is 39.4 Å². The molecule has 0 fully saturated rings. The second-order valence-electron chi connectivity index (χ2n) is 10.3. The van der Waals surface area contributed by atoms with Crippen LogP contribution in [0.4, 0.5) is 0 Å². The summed E-state index contributed by atoms with van der Waals surface area (Å²) in [5.74, 6) is 0. The first kappa shape index (κ1) is 26.6. The third kappa shape index (κ3) is 5.08. The quantitative estimate of drug-likeness (QED) is 0.189. The summed E-state index contributed by atoms with van der Waals surface area (Å²) >= 11 is 3.45. The van der Waals surface area contributed by atoms with Crippen LogP contribution in [0.1, 0.15) is 16.5 Å². The third-order valence-electron chi connectivity index (χ3n) is 7.58. The Kier molecular flexibility index (Phi) is 6.98. The van der Waals surface area contributed by atoms with Crippen molar-refractivity contribution < 1.29 is 0 Å². The molecule has 0 bridgehead atoms. The van der Waals surface area contributed by atoms with Gasteiger partial charge in [-0.15, -0.1) is 11.3 Å². The number of hydrogen-bond donors (Lipinski definition) is 0. The molecular weight excluding hydrogens is 581 g/mol. The van der Waals surface area contributed by atoms with Gasteiger partial charge in [0.2, 0.25) is 0 Å². The van der Waals surface area contributed by atoms with E-state index < -0.39 is 0 Å². The van der Waals surface area contributed by atoms with Crippen LogP contribution in [0.15, 0.2) is 133 Å². The lowest BCUT2D eigenvalue weighted by atomic mass is 9.97. The minimum Gasteiger partial charge on any atom is -0.275 e. The first-order valence-corrected chi connectivity index (χ1v) is 15.9. The lowest BCUT2D eigenvalue weighted by Crippen LogP contribution is -1.99. The lowest BCUT2D eigenvalue weighted by Gasteiger charge is -2.15. The molecule has 6 nitrogen and oxygen atoms in total. The highest BCUT2D eigenvalue weighted by molar-refractivity contribution is 8.14. The number of pyridine rings is 4. The van der Waals surface area contributed by atoms with Crippen LogP contribution < -0.4 is 0 Å². The minimum atomic E-state index is 0.212. The molecule has 1 unspecified atom stereocenters. The summed E-state index contributed by atoms with van der Waals surface area (Å²) in [5, 5.41) is 4.53. The van der Waals surface area contributed by atoms with Gasteiger partial charge in [-0.05, 0) is 64.9 Å². The van der Waals surface area contributed by atoms with E-state index in [-0.39, 0.29) is 5.25 Å².